The molecule has 1 aliphatic heterocycles. The van der Waals surface area contributed by atoms with E-state index in [0.29, 0.717) is 47.7 Å². The van der Waals surface area contributed by atoms with E-state index >= 15 is 0 Å². The molecular formula is C20H23FN6. The highest BCUT2D eigenvalue weighted by molar-refractivity contribution is 6.15. The van der Waals surface area contributed by atoms with Gasteiger partial charge in [0, 0.05) is 54.6 Å². The number of nitrogens with one attached hydrogen (secondary N) is 3. The summed E-state index contributed by atoms with van der Waals surface area (Å²) in [7, 11) is 1.77. The molecule has 0 bridgehead atoms. The molecule has 3 rings (SSSR count). The van der Waals surface area contributed by atoms with Crippen LogP contribution in [-0.4, -0.2) is 43.2 Å². The average molecular weight is 366 g/mol. The van der Waals surface area contributed by atoms with Gasteiger partial charge in [-0.05, 0) is 36.2 Å². The first kappa shape index (κ1) is 18.6. The highest BCUT2D eigenvalue weighted by Gasteiger charge is 2.23. The molecule has 0 radical (unpaired) electrons. The lowest BCUT2D eigenvalue weighted by Gasteiger charge is -2.17. The average Bonchev–Trinajstić information content (AvgIpc) is 3.12. The highest BCUT2D eigenvalue weighted by Crippen LogP contribution is 2.25. The lowest BCUT2D eigenvalue weighted by Crippen LogP contribution is -2.21. The van der Waals surface area contributed by atoms with Crippen LogP contribution >= 0.6 is 0 Å². The first-order chi connectivity index (χ1) is 13.0. The first-order valence-corrected chi connectivity index (χ1v) is 8.75. The number of benzene rings is 1. The Hall–Kier alpha value is -3.22. The fraction of sp³-hybridized carbons (Fsp3) is 0.250. The summed E-state index contributed by atoms with van der Waals surface area (Å²) in [4.78, 5) is 6.21. The Labute approximate surface area is 157 Å². The Morgan fingerprint density at radius 1 is 1.33 bits per heavy atom. The lowest BCUT2D eigenvalue weighted by molar-refractivity contribution is 0.364. The van der Waals surface area contributed by atoms with E-state index in [2.05, 4.69) is 10.3 Å². The number of allylic oxidation sites excluding steroid dienone is 1. The minimum absolute atomic E-state index is 0.266. The molecule has 7 heteroatoms. The van der Waals surface area contributed by atoms with Crippen molar-refractivity contribution in [2.75, 3.05) is 30.8 Å². The number of aromatic nitrogens is 1. The Kier molecular flexibility index (Phi) is 5.49. The van der Waals surface area contributed by atoms with E-state index in [4.69, 9.17) is 16.6 Å². The quantitative estimate of drug-likeness (QED) is 0.466. The van der Waals surface area contributed by atoms with E-state index in [1.54, 1.807) is 43.7 Å². The zero-order valence-corrected chi connectivity index (χ0v) is 15.2. The van der Waals surface area contributed by atoms with Crippen LogP contribution in [0, 0.1) is 10.8 Å². The van der Waals surface area contributed by atoms with Gasteiger partial charge in [0.25, 0.3) is 0 Å². The molecule has 1 atom stereocenters. The van der Waals surface area contributed by atoms with Gasteiger partial charge in [-0.25, -0.2) is 9.37 Å². The largest absolute Gasteiger partial charge is 0.398 e. The third-order valence-electron chi connectivity index (χ3n) is 4.60. The van der Waals surface area contributed by atoms with Crippen molar-refractivity contribution in [3.63, 3.8) is 0 Å². The molecule has 1 aliphatic rings. The van der Waals surface area contributed by atoms with E-state index < -0.39 is 6.17 Å². The third kappa shape index (κ3) is 3.97. The molecule has 0 spiro atoms. The number of hydrogen-bond donors (Lipinski definition) is 4. The summed E-state index contributed by atoms with van der Waals surface area (Å²) in [6, 6.07) is 8.92. The SMILES string of the molecule is CN/C=C(\C=N)c1ccc(N)c(C(=N)c2ccnc(N3CC[C@@H](F)C3)c2)c1. The molecule has 1 aromatic heterocycles. The van der Waals surface area contributed by atoms with E-state index in [1.165, 1.54) is 6.21 Å². The molecular weight excluding hydrogens is 343 g/mol. The Morgan fingerprint density at radius 2 is 2.15 bits per heavy atom. The van der Waals surface area contributed by atoms with Gasteiger partial charge >= 0.3 is 0 Å². The number of nitrogen functional groups attached to an aromatic ring is 1. The molecule has 2 aromatic rings. The molecule has 1 fully saturated rings. The molecule has 1 saturated heterocycles. The van der Waals surface area contributed by atoms with Crippen LogP contribution in [0.15, 0.2) is 42.7 Å². The number of nitrogens with two attached hydrogens (primary N) is 1. The van der Waals surface area contributed by atoms with Crippen LogP contribution in [0.5, 0.6) is 0 Å². The van der Waals surface area contributed by atoms with Gasteiger partial charge in [0.1, 0.15) is 12.0 Å². The molecule has 6 nitrogen and oxygen atoms in total. The van der Waals surface area contributed by atoms with Gasteiger partial charge in [-0.3, -0.25) is 5.41 Å². The number of rotatable bonds is 6. The molecule has 0 unspecified atom stereocenters. The Balaban J connectivity index is 1.94. The summed E-state index contributed by atoms with van der Waals surface area (Å²) in [5.74, 6) is 0.669. The Morgan fingerprint density at radius 3 is 2.81 bits per heavy atom. The fourth-order valence-electron chi connectivity index (χ4n) is 3.14. The number of nitrogens with zero attached hydrogens (tertiary/aromatic N) is 2. The van der Waals surface area contributed by atoms with Gasteiger partial charge in [-0.1, -0.05) is 6.07 Å². The summed E-state index contributed by atoms with van der Waals surface area (Å²) in [5, 5.41) is 19.1. The van der Waals surface area contributed by atoms with Gasteiger partial charge in [-0.2, -0.15) is 0 Å². The maximum Gasteiger partial charge on any atom is 0.129 e. The van der Waals surface area contributed by atoms with Crippen molar-refractivity contribution >= 4 is 29.0 Å². The van der Waals surface area contributed by atoms with Crippen molar-refractivity contribution in [3.8, 4) is 0 Å². The smallest absolute Gasteiger partial charge is 0.129 e. The number of anilines is 2. The van der Waals surface area contributed by atoms with Crippen LogP contribution in [0.3, 0.4) is 0 Å². The third-order valence-corrected chi connectivity index (χ3v) is 4.60. The van der Waals surface area contributed by atoms with Gasteiger partial charge in [0.05, 0.1) is 12.3 Å². The van der Waals surface area contributed by atoms with Crippen LogP contribution < -0.4 is 16.0 Å². The van der Waals surface area contributed by atoms with Gasteiger partial charge in [0.2, 0.25) is 0 Å². The lowest BCUT2D eigenvalue weighted by atomic mass is 9.97. The van der Waals surface area contributed by atoms with Crippen molar-refractivity contribution < 1.29 is 4.39 Å². The van der Waals surface area contributed by atoms with E-state index in [-0.39, 0.29) is 5.71 Å². The summed E-state index contributed by atoms with van der Waals surface area (Å²) < 4.78 is 13.5. The number of halogens is 1. The Bertz CT molecular complexity index is 892. The molecule has 1 aromatic carbocycles. The molecule has 0 saturated carbocycles. The second-order valence-corrected chi connectivity index (χ2v) is 6.44. The minimum Gasteiger partial charge on any atom is -0.398 e. The zero-order valence-electron chi connectivity index (χ0n) is 15.2. The van der Waals surface area contributed by atoms with E-state index in [0.717, 1.165) is 5.56 Å². The van der Waals surface area contributed by atoms with Crippen molar-refractivity contribution in [2.24, 2.45) is 0 Å². The predicted octanol–water partition coefficient (Wildman–Crippen LogP) is 2.84. The van der Waals surface area contributed by atoms with Gasteiger partial charge in [-0.15, -0.1) is 0 Å². The summed E-state index contributed by atoms with van der Waals surface area (Å²) in [6.07, 6.45) is 4.27. The van der Waals surface area contributed by atoms with Crippen LogP contribution in [-0.2, 0) is 0 Å². The van der Waals surface area contributed by atoms with Crippen LogP contribution in [0.2, 0.25) is 0 Å². The summed E-state index contributed by atoms with van der Waals surface area (Å²) in [5.41, 5.74) is 9.60. The standard InChI is InChI=1S/C20H23FN6/c1-25-11-15(10-22)13-2-3-18(23)17(8-13)20(24)14-4-6-26-19(9-14)27-7-5-16(21)12-27/h2-4,6,8-11,16,22,24-25H,5,7,12,23H2,1H3/b15-11+,22-10?,24-20?/t16-/m1/s1. The summed E-state index contributed by atoms with van der Waals surface area (Å²) >= 11 is 0. The van der Waals surface area contributed by atoms with E-state index in [1.807, 2.05) is 11.0 Å². The number of pyridine rings is 1. The van der Waals surface area contributed by atoms with Crippen LogP contribution in [0.4, 0.5) is 15.9 Å². The van der Waals surface area contributed by atoms with Crippen LogP contribution in [0.25, 0.3) is 5.57 Å². The normalized spacial score (nSPS) is 17.0. The first-order valence-electron chi connectivity index (χ1n) is 8.75. The number of hydrogen-bond acceptors (Lipinski definition) is 6. The molecule has 27 heavy (non-hydrogen) atoms. The second kappa shape index (κ2) is 7.99. The van der Waals surface area contributed by atoms with Crippen molar-refractivity contribution in [1.82, 2.24) is 10.3 Å². The van der Waals surface area contributed by atoms with Crippen molar-refractivity contribution in [1.29, 1.82) is 10.8 Å². The monoisotopic (exact) mass is 366 g/mol. The summed E-state index contributed by atoms with van der Waals surface area (Å²) in [6.45, 7) is 0.957. The zero-order chi connectivity index (χ0) is 19.4. The number of alkyl halides is 1. The molecule has 2 heterocycles. The maximum absolute atomic E-state index is 13.5. The van der Waals surface area contributed by atoms with Crippen molar-refractivity contribution in [3.05, 3.63) is 59.4 Å². The second-order valence-electron chi connectivity index (χ2n) is 6.44. The molecule has 0 amide bonds. The fourth-order valence-corrected chi connectivity index (χ4v) is 3.14. The molecule has 0 aliphatic carbocycles. The molecule has 5 N–H and O–H groups in total. The highest BCUT2D eigenvalue weighted by atomic mass is 19.1. The van der Waals surface area contributed by atoms with E-state index in [9.17, 15) is 4.39 Å². The van der Waals surface area contributed by atoms with Crippen molar-refractivity contribution in [2.45, 2.75) is 12.6 Å². The minimum atomic E-state index is -0.833. The molecule has 140 valence electrons. The topological polar surface area (TPSA) is 102 Å². The van der Waals surface area contributed by atoms with Crippen LogP contribution in [0.1, 0.15) is 23.1 Å². The maximum atomic E-state index is 13.5. The predicted molar refractivity (Wildman–Crippen MR) is 109 cm³/mol. The van der Waals surface area contributed by atoms with Gasteiger partial charge < -0.3 is 21.4 Å². The van der Waals surface area contributed by atoms with Gasteiger partial charge in [0.15, 0.2) is 0 Å².